The number of hydrogen-bond acceptors (Lipinski definition) is 7. The molecule has 0 bridgehead atoms. The van der Waals surface area contributed by atoms with Crippen LogP contribution in [0.5, 0.6) is 17.2 Å². The van der Waals surface area contributed by atoms with Crippen LogP contribution in [0.25, 0.3) is 11.5 Å². The number of benzene rings is 2. The molecule has 0 aliphatic rings. The van der Waals surface area contributed by atoms with Gasteiger partial charge < -0.3 is 23.5 Å². The second kappa shape index (κ2) is 9.09. The topological polar surface area (TPSA) is 86.9 Å². The number of nitrogens with zero attached hydrogens (tertiary/aromatic N) is 3. The smallest absolute Gasteiger partial charge is 0.260 e. The average Bonchev–Trinajstić information content (AvgIpc) is 3.20. The fourth-order valence-corrected chi connectivity index (χ4v) is 2.66. The van der Waals surface area contributed by atoms with Gasteiger partial charge in [0.25, 0.3) is 5.91 Å². The third-order valence-corrected chi connectivity index (χ3v) is 4.34. The van der Waals surface area contributed by atoms with Crippen molar-refractivity contribution in [3.8, 4) is 28.7 Å². The van der Waals surface area contributed by atoms with Crippen LogP contribution in [0, 0.1) is 6.92 Å². The molecule has 1 amide bonds. The van der Waals surface area contributed by atoms with Gasteiger partial charge in [0.1, 0.15) is 5.75 Å². The lowest BCUT2D eigenvalue weighted by atomic mass is 10.2. The molecule has 0 spiro atoms. The fourth-order valence-electron chi connectivity index (χ4n) is 2.66. The average molecular weight is 397 g/mol. The van der Waals surface area contributed by atoms with Gasteiger partial charge in [-0.3, -0.25) is 4.79 Å². The number of aryl methyl sites for hydroxylation is 1. The predicted molar refractivity (Wildman–Crippen MR) is 106 cm³/mol. The Morgan fingerprint density at radius 3 is 2.52 bits per heavy atom. The first-order chi connectivity index (χ1) is 14.0. The van der Waals surface area contributed by atoms with Crippen LogP contribution in [0.4, 0.5) is 0 Å². The summed E-state index contributed by atoms with van der Waals surface area (Å²) in [6, 6.07) is 12.8. The van der Waals surface area contributed by atoms with Crippen LogP contribution in [0.2, 0.25) is 0 Å². The number of amides is 1. The van der Waals surface area contributed by atoms with E-state index in [0.717, 1.165) is 5.56 Å². The highest BCUT2D eigenvalue weighted by Gasteiger charge is 2.16. The van der Waals surface area contributed by atoms with Gasteiger partial charge >= 0.3 is 0 Å². The molecule has 1 aromatic heterocycles. The lowest BCUT2D eigenvalue weighted by Crippen LogP contribution is -2.31. The highest BCUT2D eigenvalue weighted by atomic mass is 16.5. The molecule has 29 heavy (non-hydrogen) atoms. The molecule has 1 heterocycles. The van der Waals surface area contributed by atoms with E-state index in [0.29, 0.717) is 34.6 Å². The standard InChI is InChI=1S/C21H23N3O5/c1-14-7-5-6-8-16(14)28-13-20(25)24(2)12-19-22-23-21(29-19)15-9-10-17(26-3)18(11-15)27-4/h5-11H,12-13H2,1-4H3. The van der Waals surface area contributed by atoms with Crippen molar-refractivity contribution in [2.24, 2.45) is 0 Å². The zero-order valence-electron chi connectivity index (χ0n) is 16.8. The van der Waals surface area contributed by atoms with Gasteiger partial charge in [0.2, 0.25) is 11.8 Å². The molecule has 0 fully saturated rings. The van der Waals surface area contributed by atoms with Gasteiger partial charge in [-0.05, 0) is 36.8 Å². The van der Waals surface area contributed by atoms with Crippen LogP contribution in [-0.2, 0) is 11.3 Å². The molecule has 0 saturated heterocycles. The van der Waals surface area contributed by atoms with Crippen molar-refractivity contribution in [1.29, 1.82) is 0 Å². The number of carbonyl (C=O) groups excluding carboxylic acids is 1. The maximum Gasteiger partial charge on any atom is 0.260 e. The SMILES string of the molecule is COc1ccc(-c2nnc(CN(C)C(=O)COc3ccccc3C)o2)cc1OC. The van der Waals surface area contributed by atoms with Gasteiger partial charge in [-0.25, -0.2) is 0 Å². The summed E-state index contributed by atoms with van der Waals surface area (Å²) < 4.78 is 21.8. The molecule has 0 saturated carbocycles. The van der Waals surface area contributed by atoms with E-state index in [2.05, 4.69) is 10.2 Å². The van der Waals surface area contributed by atoms with Gasteiger partial charge in [-0.15, -0.1) is 10.2 Å². The van der Waals surface area contributed by atoms with Gasteiger partial charge in [0, 0.05) is 12.6 Å². The molecule has 0 unspecified atom stereocenters. The van der Waals surface area contributed by atoms with Crippen molar-refractivity contribution in [3.63, 3.8) is 0 Å². The Balaban J connectivity index is 1.62. The lowest BCUT2D eigenvalue weighted by Gasteiger charge is -2.16. The number of carbonyl (C=O) groups is 1. The minimum atomic E-state index is -0.195. The second-order valence-electron chi connectivity index (χ2n) is 6.37. The van der Waals surface area contributed by atoms with E-state index in [-0.39, 0.29) is 19.1 Å². The van der Waals surface area contributed by atoms with Crippen LogP contribution in [-0.4, -0.2) is 48.9 Å². The number of hydrogen-bond donors (Lipinski definition) is 0. The summed E-state index contributed by atoms with van der Waals surface area (Å²) in [5.41, 5.74) is 1.66. The molecule has 0 aliphatic carbocycles. The van der Waals surface area contributed by atoms with Crippen LogP contribution in [0.3, 0.4) is 0 Å². The van der Waals surface area contributed by atoms with Crippen LogP contribution in [0.15, 0.2) is 46.9 Å². The molecule has 3 rings (SSSR count). The predicted octanol–water partition coefficient (Wildman–Crippen LogP) is 3.10. The number of likely N-dealkylation sites (N-methyl/N-ethyl adjacent to an activating group) is 1. The first-order valence-corrected chi connectivity index (χ1v) is 8.99. The Hall–Kier alpha value is -3.55. The van der Waals surface area contributed by atoms with Crippen molar-refractivity contribution < 1.29 is 23.4 Å². The summed E-state index contributed by atoms with van der Waals surface area (Å²) in [4.78, 5) is 13.8. The molecule has 152 valence electrons. The third kappa shape index (κ3) is 4.84. The van der Waals surface area contributed by atoms with Gasteiger partial charge in [0.15, 0.2) is 18.1 Å². The molecular weight excluding hydrogens is 374 g/mol. The Bertz CT molecular complexity index is 986. The molecule has 8 nitrogen and oxygen atoms in total. The largest absolute Gasteiger partial charge is 0.493 e. The summed E-state index contributed by atoms with van der Waals surface area (Å²) in [5.74, 6) is 2.31. The molecule has 2 aromatic carbocycles. The minimum Gasteiger partial charge on any atom is -0.493 e. The molecule has 0 atom stereocenters. The van der Waals surface area contributed by atoms with Crippen molar-refractivity contribution >= 4 is 5.91 Å². The Kier molecular flexibility index (Phi) is 6.33. The van der Waals surface area contributed by atoms with E-state index in [1.165, 1.54) is 4.90 Å². The first kappa shape index (κ1) is 20.2. The highest BCUT2D eigenvalue weighted by molar-refractivity contribution is 5.77. The maximum atomic E-state index is 12.3. The molecule has 0 N–H and O–H groups in total. The van der Waals surface area contributed by atoms with E-state index in [9.17, 15) is 4.79 Å². The van der Waals surface area contributed by atoms with E-state index in [1.807, 2.05) is 31.2 Å². The minimum absolute atomic E-state index is 0.0714. The van der Waals surface area contributed by atoms with Crippen LogP contribution < -0.4 is 14.2 Å². The molecule has 3 aromatic rings. The van der Waals surface area contributed by atoms with E-state index < -0.39 is 0 Å². The highest BCUT2D eigenvalue weighted by Crippen LogP contribution is 2.31. The number of methoxy groups -OCH3 is 2. The quantitative estimate of drug-likeness (QED) is 0.577. The Morgan fingerprint density at radius 1 is 1.03 bits per heavy atom. The normalized spacial score (nSPS) is 10.5. The van der Waals surface area contributed by atoms with Crippen molar-refractivity contribution in [3.05, 3.63) is 53.9 Å². The molecule has 0 aliphatic heterocycles. The van der Waals surface area contributed by atoms with Crippen molar-refractivity contribution in [1.82, 2.24) is 15.1 Å². The number of para-hydroxylation sites is 1. The Labute approximate surface area is 169 Å². The van der Waals surface area contributed by atoms with Crippen LogP contribution >= 0.6 is 0 Å². The van der Waals surface area contributed by atoms with Gasteiger partial charge in [-0.2, -0.15) is 0 Å². The summed E-state index contributed by atoms with van der Waals surface area (Å²) in [6.45, 7) is 2.03. The maximum absolute atomic E-state index is 12.3. The van der Waals surface area contributed by atoms with Crippen molar-refractivity contribution in [2.45, 2.75) is 13.5 Å². The summed E-state index contributed by atoms with van der Waals surface area (Å²) in [5, 5.41) is 8.07. The summed E-state index contributed by atoms with van der Waals surface area (Å²) >= 11 is 0. The Morgan fingerprint density at radius 2 is 1.79 bits per heavy atom. The van der Waals surface area contributed by atoms with E-state index in [1.54, 1.807) is 39.5 Å². The zero-order chi connectivity index (χ0) is 20.8. The van der Waals surface area contributed by atoms with Gasteiger partial charge in [-0.1, -0.05) is 18.2 Å². The number of aromatic nitrogens is 2. The van der Waals surface area contributed by atoms with Crippen LogP contribution in [0.1, 0.15) is 11.5 Å². The van der Waals surface area contributed by atoms with E-state index in [4.69, 9.17) is 18.6 Å². The monoisotopic (exact) mass is 397 g/mol. The fraction of sp³-hybridized carbons (Fsp3) is 0.286. The number of ether oxygens (including phenoxy) is 3. The second-order valence-corrected chi connectivity index (χ2v) is 6.37. The van der Waals surface area contributed by atoms with E-state index >= 15 is 0 Å². The van der Waals surface area contributed by atoms with Crippen molar-refractivity contribution in [2.75, 3.05) is 27.9 Å². The molecule has 0 radical (unpaired) electrons. The first-order valence-electron chi connectivity index (χ1n) is 8.99. The molecular formula is C21H23N3O5. The third-order valence-electron chi connectivity index (χ3n) is 4.34. The lowest BCUT2D eigenvalue weighted by molar-refractivity contribution is -0.132. The molecule has 8 heteroatoms. The summed E-state index contributed by atoms with van der Waals surface area (Å²) in [6.07, 6.45) is 0. The summed E-state index contributed by atoms with van der Waals surface area (Å²) in [7, 11) is 4.78. The zero-order valence-corrected chi connectivity index (χ0v) is 16.8. The van der Waals surface area contributed by atoms with Gasteiger partial charge in [0.05, 0.1) is 20.8 Å². The number of rotatable bonds is 8.